The van der Waals surface area contributed by atoms with Gasteiger partial charge in [0.1, 0.15) is 11.5 Å². The highest BCUT2D eigenvalue weighted by Gasteiger charge is 2.33. The quantitative estimate of drug-likeness (QED) is 0.440. The highest BCUT2D eigenvalue weighted by atomic mass is 32.1. The van der Waals surface area contributed by atoms with Crippen molar-refractivity contribution in [1.82, 2.24) is 4.57 Å². The summed E-state index contributed by atoms with van der Waals surface area (Å²) in [6.07, 6.45) is 1.73. The minimum atomic E-state index is -0.673. The van der Waals surface area contributed by atoms with Crippen LogP contribution in [0.5, 0.6) is 5.75 Å². The molecular formula is C27H29N3O6S. The van der Waals surface area contributed by atoms with Gasteiger partial charge in [0.2, 0.25) is 0 Å². The average Bonchev–Trinajstić information content (AvgIpc) is 3.49. The van der Waals surface area contributed by atoms with Crippen molar-refractivity contribution >= 4 is 29.3 Å². The van der Waals surface area contributed by atoms with E-state index in [-0.39, 0.29) is 12.2 Å². The zero-order valence-corrected chi connectivity index (χ0v) is 21.9. The Kier molecular flexibility index (Phi) is 7.29. The first-order chi connectivity index (χ1) is 18.0. The Morgan fingerprint density at radius 1 is 1.14 bits per heavy atom. The van der Waals surface area contributed by atoms with Gasteiger partial charge in [-0.25, -0.2) is 9.79 Å². The SMILES string of the molecule is CCOC(=O)C1=C(C)N=c2sc(=Cc3ccc(N4CCOCC4)o3)c(=O)n2[C@H]1c1ccc(OCC)cc1. The molecule has 10 heteroatoms. The maximum atomic E-state index is 13.7. The molecule has 9 nitrogen and oxygen atoms in total. The molecule has 1 aromatic carbocycles. The number of thiazole rings is 1. The van der Waals surface area contributed by atoms with Crippen LogP contribution in [-0.4, -0.2) is 50.1 Å². The fourth-order valence-corrected chi connectivity index (χ4v) is 5.55. The van der Waals surface area contributed by atoms with Crippen LogP contribution in [0.15, 0.2) is 61.9 Å². The molecule has 2 aliphatic heterocycles. The maximum Gasteiger partial charge on any atom is 0.338 e. The van der Waals surface area contributed by atoms with Crippen molar-refractivity contribution in [3.63, 3.8) is 0 Å². The molecule has 4 heterocycles. The molecule has 1 fully saturated rings. The summed E-state index contributed by atoms with van der Waals surface area (Å²) in [7, 11) is 0. The second-order valence-corrected chi connectivity index (χ2v) is 9.59. The van der Waals surface area contributed by atoms with Crippen molar-refractivity contribution in [3.05, 3.63) is 78.7 Å². The molecule has 0 N–H and O–H groups in total. The van der Waals surface area contributed by atoms with Crippen molar-refractivity contribution < 1.29 is 23.4 Å². The monoisotopic (exact) mass is 523 g/mol. The van der Waals surface area contributed by atoms with Crippen LogP contribution < -0.4 is 24.5 Å². The molecule has 1 saturated heterocycles. The van der Waals surface area contributed by atoms with Crippen LogP contribution >= 0.6 is 11.3 Å². The number of nitrogens with zero attached hydrogens (tertiary/aromatic N) is 3. The molecule has 37 heavy (non-hydrogen) atoms. The number of benzene rings is 1. The van der Waals surface area contributed by atoms with E-state index in [2.05, 4.69) is 9.89 Å². The molecule has 0 amide bonds. The summed E-state index contributed by atoms with van der Waals surface area (Å²) in [5.41, 5.74) is 1.39. The van der Waals surface area contributed by atoms with Crippen molar-refractivity contribution in [2.24, 2.45) is 4.99 Å². The van der Waals surface area contributed by atoms with Crippen LogP contribution in [0.4, 0.5) is 5.88 Å². The Labute approximate surface area is 217 Å². The van der Waals surface area contributed by atoms with Gasteiger partial charge < -0.3 is 23.5 Å². The van der Waals surface area contributed by atoms with Gasteiger partial charge in [0.25, 0.3) is 5.56 Å². The lowest BCUT2D eigenvalue weighted by molar-refractivity contribution is -0.139. The summed E-state index contributed by atoms with van der Waals surface area (Å²) in [4.78, 5) is 34.0. The zero-order valence-electron chi connectivity index (χ0n) is 21.1. The second-order valence-electron chi connectivity index (χ2n) is 8.58. The Balaban J connectivity index is 1.59. The number of rotatable bonds is 7. The highest BCUT2D eigenvalue weighted by Crippen LogP contribution is 2.31. The molecule has 5 rings (SSSR count). The molecule has 3 aromatic rings. The maximum absolute atomic E-state index is 13.7. The molecule has 0 unspecified atom stereocenters. The summed E-state index contributed by atoms with van der Waals surface area (Å²) in [6.45, 7) is 9.03. The summed E-state index contributed by atoms with van der Waals surface area (Å²) in [6, 6.07) is 10.5. The van der Waals surface area contributed by atoms with Gasteiger partial charge in [-0.15, -0.1) is 0 Å². The molecular weight excluding hydrogens is 494 g/mol. The number of allylic oxidation sites excluding steroid dienone is 1. The standard InChI is InChI=1S/C27H29N3O6S/c1-4-34-19-8-6-18(7-9-19)24-23(26(32)35-5-2)17(3)28-27-30(24)25(31)21(37-27)16-20-10-11-22(36-20)29-12-14-33-15-13-29/h6-11,16,24H,4-5,12-15H2,1-3H3/t24-/m0/s1. The van der Waals surface area contributed by atoms with Gasteiger partial charge in [0.05, 0.1) is 48.3 Å². The average molecular weight is 524 g/mol. The van der Waals surface area contributed by atoms with Crippen LogP contribution in [0, 0.1) is 0 Å². The van der Waals surface area contributed by atoms with E-state index in [9.17, 15) is 9.59 Å². The van der Waals surface area contributed by atoms with Gasteiger partial charge in [-0.1, -0.05) is 23.5 Å². The number of carbonyl (C=O) groups excluding carboxylic acids is 1. The molecule has 0 aliphatic carbocycles. The second kappa shape index (κ2) is 10.8. The number of anilines is 1. The number of furan rings is 1. The largest absolute Gasteiger partial charge is 0.494 e. The van der Waals surface area contributed by atoms with Crippen LogP contribution in [0.2, 0.25) is 0 Å². The zero-order chi connectivity index (χ0) is 25.9. The molecule has 0 spiro atoms. The van der Waals surface area contributed by atoms with Gasteiger partial charge in [-0.05, 0) is 44.5 Å². The van der Waals surface area contributed by atoms with E-state index in [1.54, 1.807) is 24.5 Å². The number of esters is 1. The van der Waals surface area contributed by atoms with Crippen LogP contribution in [-0.2, 0) is 14.3 Å². The molecule has 0 bridgehead atoms. The normalized spacial score (nSPS) is 18.0. The minimum absolute atomic E-state index is 0.222. The minimum Gasteiger partial charge on any atom is -0.494 e. The van der Waals surface area contributed by atoms with Crippen molar-refractivity contribution in [3.8, 4) is 5.75 Å². The first-order valence-electron chi connectivity index (χ1n) is 12.3. The summed E-state index contributed by atoms with van der Waals surface area (Å²) >= 11 is 1.27. The Hall–Kier alpha value is -3.63. The Morgan fingerprint density at radius 2 is 1.89 bits per heavy atom. The van der Waals surface area contributed by atoms with Crippen LogP contribution in [0.1, 0.15) is 38.1 Å². The third-order valence-electron chi connectivity index (χ3n) is 6.23. The van der Waals surface area contributed by atoms with E-state index in [4.69, 9.17) is 18.6 Å². The lowest BCUT2D eigenvalue weighted by Crippen LogP contribution is -2.39. The molecule has 194 valence electrons. The fraction of sp³-hybridized carbons (Fsp3) is 0.370. The number of carbonyl (C=O) groups is 1. The molecule has 0 saturated carbocycles. The van der Waals surface area contributed by atoms with Gasteiger partial charge >= 0.3 is 5.97 Å². The third kappa shape index (κ3) is 4.99. The van der Waals surface area contributed by atoms with E-state index in [0.717, 1.165) is 24.5 Å². The van der Waals surface area contributed by atoms with Gasteiger partial charge in [0.15, 0.2) is 10.7 Å². The first-order valence-corrected chi connectivity index (χ1v) is 13.2. The smallest absolute Gasteiger partial charge is 0.338 e. The molecule has 2 aromatic heterocycles. The van der Waals surface area contributed by atoms with Gasteiger partial charge in [-0.2, -0.15) is 0 Å². The van der Waals surface area contributed by atoms with Gasteiger partial charge in [-0.3, -0.25) is 9.36 Å². The Morgan fingerprint density at radius 3 is 2.59 bits per heavy atom. The molecule has 2 aliphatic rings. The van der Waals surface area contributed by atoms with E-state index in [0.29, 0.717) is 51.9 Å². The fourth-order valence-electron chi connectivity index (χ4n) is 4.52. The van der Waals surface area contributed by atoms with Gasteiger partial charge in [0, 0.05) is 25.2 Å². The van der Waals surface area contributed by atoms with Crippen molar-refractivity contribution in [2.75, 3.05) is 44.4 Å². The molecule has 1 atom stereocenters. The number of aromatic nitrogens is 1. The van der Waals surface area contributed by atoms with Crippen molar-refractivity contribution in [2.45, 2.75) is 26.8 Å². The highest BCUT2D eigenvalue weighted by molar-refractivity contribution is 7.07. The summed E-state index contributed by atoms with van der Waals surface area (Å²) in [5.74, 6) is 1.55. The van der Waals surface area contributed by atoms with E-state index < -0.39 is 12.0 Å². The number of hydrogen-bond donors (Lipinski definition) is 0. The van der Waals surface area contributed by atoms with E-state index >= 15 is 0 Å². The predicted molar refractivity (Wildman–Crippen MR) is 140 cm³/mol. The van der Waals surface area contributed by atoms with Crippen LogP contribution in [0.25, 0.3) is 6.08 Å². The van der Waals surface area contributed by atoms with Crippen molar-refractivity contribution in [1.29, 1.82) is 0 Å². The number of hydrogen-bond acceptors (Lipinski definition) is 9. The molecule has 0 radical (unpaired) electrons. The van der Waals surface area contributed by atoms with E-state index in [1.165, 1.54) is 11.3 Å². The Bertz CT molecular complexity index is 1490. The summed E-state index contributed by atoms with van der Waals surface area (Å²) in [5, 5.41) is 0. The summed E-state index contributed by atoms with van der Waals surface area (Å²) < 4.78 is 24.4. The number of ether oxygens (including phenoxy) is 3. The lowest BCUT2D eigenvalue weighted by atomic mass is 9.96. The third-order valence-corrected chi connectivity index (χ3v) is 7.22. The van der Waals surface area contributed by atoms with E-state index in [1.807, 2.05) is 43.3 Å². The number of fused-ring (bicyclic) bond motifs is 1. The predicted octanol–water partition coefficient (Wildman–Crippen LogP) is 2.63. The van der Waals surface area contributed by atoms with Crippen LogP contribution in [0.3, 0.4) is 0 Å². The lowest BCUT2D eigenvalue weighted by Gasteiger charge is -2.26. The topological polar surface area (TPSA) is 95.5 Å². The number of morpholine rings is 1. The first kappa shape index (κ1) is 25.0.